The summed E-state index contributed by atoms with van der Waals surface area (Å²) in [6, 6.07) is 15.0. The van der Waals surface area contributed by atoms with E-state index in [2.05, 4.69) is 0 Å². The molecular weight excluding hydrogens is 330 g/mol. The highest BCUT2D eigenvalue weighted by molar-refractivity contribution is 8.26. The molecular formula is C17H11NO3S2. The Morgan fingerprint density at radius 1 is 1.09 bits per heavy atom. The number of phenolic OH excluding ortho intramolecular Hbond substituents is 1. The van der Waals surface area contributed by atoms with Gasteiger partial charge in [0, 0.05) is 5.56 Å². The smallest absolute Gasteiger partial charge is 0.273 e. The van der Waals surface area contributed by atoms with Gasteiger partial charge in [-0.3, -0.25) is 9.59 Å². The molecule has 4 nitrogen and oxygen atoms in total. The zero-order valence-corrected chi connectivity index (χ0v) is 13.4. The van der Waals surface area contributed by atoms with Crippen LogP contribution in [-0.4, -0.2) is 26.1 Å². The van der Waals surface area contributed by atoms with Crippen molar-refractivity contribution in [1.29, 1.82) is 0 Å². The number of carbonyl (C=O) groups excluding carboxylic acids is 2. The number of phenols is 1. The molecule has 1 saturated heterocycles. The minimum absolute atomic E-state index is 0.147. The van der Waals surface area contributed by atoms with Crippen molar-refractivity contribution in [3.05, 3.63) is 70.6 Å². The molecule has 6 heteroatoms. The van der Waals surface area contributed by atoms with Crippen LogP contribution in [0.3, 0.4) is 0 Å². The first-order valence-electron chi connectivity index (χ1n) is 6.72. The van der Waals surface area contributed by atoms with Crippen molar-refractivity contribution in [2.45, 2.75) is 0 Å². The topological polar surface area (TPSA) is 57.6 Å². The minimum atomic E-state index is -0.429. The lowest BCUT2D eigenvalue weighted by molar-refractivity contribution is -0.120. The highest BCUT2D eigenvalue weighted by Crippen LogP contribution is 2.33. The summed E-state index contributed by atoms with van der Waals surface area (Å²) in [7, 11) is 0. The summed E-state index contributed by atoms with van der Waals surface area (Å²) < 4.78 is 0.217. The minimum Gasteiger partial charge on any atom is -0.508 e. The molecule has 2 aromatic rings. The standard InChI is InChI=1S/C17H11NO3S2/c19-13-8-6-11(7-9-13)10-14-16(21)18(17(22)23-14)15(20)12-4-2-1-3-5-12/h1-10,19H/b14-10+. The fraction of sp³-hybridized carbons (Fsp3) is 0. The van der Waals surface area contributed by atoms with Crippen LogP contribution in [0, 0.1) is 0 Å². The Bertz CT molecular complexity index is 813. The first-order chi connectivity index (χ1) is 11.1. The van der Waals surface area contributed by atoms with Crippen LogP contribution in [0.2, 0.25) is 0 Å². The molecule has 0 saturated carbocycles. The van der Waals surface area contributed by atoms with Crippen molar-refractivity contribution in [2.75, 3.05) is 0 Å². The molecule has 0 radical (unpaired) electrons. The molecule has 0 aromatic heterocycles. The quantitative estimate of drug-likeness (QED) is 0.515. The van der Waals surface area contributed by atoms with Crippen LogP contribution in [0.15, 0.2) is 59.5 Å². The predicted octanol–water partition coefficient (Wildman–Crippen LogP) is 3.43. The van der Waals surface area contributed by atoms with Crippen molar-refractivity contribution in [3.8, 4) is 5.75 Å². The molecule has 2 aromatic carbocycles. The lowest BCUT2D eigenvalue weighted by atomic mass is 10.2. The van der Waals surface area contributed by atoms with Crippen LogP contribution in [0.5, 0.6) is 5.75 Å². The maximum absolute atomic E-state index is 12.5. The number of nitrogens with zero attached hydrogens (tertiary/aromatic N) is 1. The van der Waals surface area contributed by atoms with Crippen molar-refractivity contribution < 1.29 is 14.7 Å². The summed E-state index contributed by atoms with van der Waals surface area (Å²) in [5.41, 5.74) is 1.16. The Labute approximate surface area is 142 Å². The van der Waals surface area contributed by atoms with Crippen molar-refractivity contribution >= 4 is 46.2 Å². The summed E-state index contributed by atoms with van der Waals surface area (Å²) in [6.45, 7) is 0. The second kappa shape index (κ2) is 6.36. The average molecular weight is 341 g/mol. The number of amides is 2. The molecule has 3 rings (SSSR count). The molecule has 1 N–H and O–H groups in total. The number of benzene rings is 2. The Kier molecular flexibility index (Phi) is 4.27. The third-order valence-corrected chi connectivity index (χ3v) is 4.51. The molecule has 1 aliphatic rings. The van der Waals surface area contributed by atoms with Gasteiger partial charge in [0.25, 0.3) is 11.8 Å². The maximum Gasteiger partial charge on any atom is 0.273 e. The SMILES string of the molecule is O=C1/C(=C\c2ccc(O)cc2)SC(=S)N1C(=O)c1ccccc1. The van der Waals surface area contributed by atoms with Gasteiger partial charge >= 0.3 is 0 Å². The third-order valence-electron chi connectivity index (χ3n) is 3.21. The largest absolute Gasteiger partial charge is 0.508 e. The van der Waals surface area contributed by atoms with Gasteiger partial charge in [0.15, 0.2) is 4.32 Å². The van der Waals surface area contributed by atoms with Gasteiger partial charge in [0.2, 0.25) is 0 Å². The second-order valence-corrected chi connectivity index (χ2v) is 6.46. The van der Waals surface area contributed by atoms with Gasteiger partial charge in [0.1, 0.15) is 5.75 Å². The molecule has 1 fully saturated rings. The first-order valence-corrected chi connectivity index (χ1v) is 7.95. The van der Waals surface area contributed by atoms with E-state index in [1.807, 2.05) is 0 Å². The predicted molar refractivity (Wildman–Crippen MR) is 93.9 cm³/mol. The number of hydrogen-bond donors (Lipinski definition) is 1. The number of carbonyl (C=O) groups is 2. The summed E-state index contributed by atoms with van der Waals surface area (Å²) in [6.07, 6.45) is 1.65. The van der Waals surface area contributed by atoms with E-state index in [1.165, 1.54) is 12.1 Å². The lowest BCUT2D eigenvalue weighted by Crippen LogP contribution is -2.34. The Balaban J connectivity index is 1.88. The molecule has 0 spiro atoms. The molecule has 1 aliphatic heterocycles. The summed E-state index contributed by atoms with van der Waals surface area (Å²) in [4.78, 5) is 26.3. The van der Waals surface area contributed by atoms with Gasteiger partial charge in [0.05, 0.1) is 4.91 Å². The number of rotatable bonds is 2. The normalized spacial score (nSPS) is 16.2. The van der Waals surface area contributed by atoms with Crippen molar-refractivity contribution in [3.63, 3.8) is 0 Å². The van der Waals surface area contributed by atoms with Gasteiger partial charge in [-0.05, 0) is 35.9 Å². The Morgan fingerprint density at radius 3 is 2.39 bits per heavy atom. The van der Waals surface area contributed by atoms with Crippen LogP contribution in [0.4, 0.5) is 0 Å². The Hall–Kier alpha value is -2.44. The van der Waals surface area contributed by atoms with Crippen LogP contribution >= 0.6 is 24.0 Å². The summed E-state index contributed by atoms with van der Waals surface area (Å²) in [5, 5.41) is 9.29. The molecule has 1 heterocycles. The number of imide groups is 1. The van der Waals surface area contributed by atoms with E-state index in [1.54, 1.807) is 48.5 Å². The van der Waals surface area contributed by atoms with E-state index >= 15 is 0 Å². The van der Waals surface area contributed by atoms with Crippen LogP contribution in [-0.2, 0) is 4.79 Å². The lowest BCUT2D eigenvalue weighted by Gasteiger charge is -2.12. The van der Waals surface area contributed by atoms with E-state index in [-0.39, 0.29) is 10.1 Å². The molecule has 0 aliphatic carbocycles. The zero-order chi connectivity index (χ0) is 16.4. The molecule has 114 valence electrons. The highest BCUT2D eigenvalue weighted by atomic mass is 32.2. The van der Waals surface area contributed by atoms with Crippen molar-refractivity contribution in [2.24, 2.45) is 0 Å². The maximum atomic E-state index is 12.5. The molecule has 23 heavy (non-hydrogen) atoms. The number of hydrogen-bond acceptors (Lipinski definition) is 5. The van der Waals surface area contributed by atoms with Crippen LogP contribution in [0.25, 0.3) is 6.08 Å². The van der Waals surface area contributed by atoms with E-state index in [9.17, 15) is 14.7 Å². The van der Waals surface area contributed by atoms with Crippen LogP contribution in [0.1, 0.15) is 15.9 Å². The fourth-order valence-electron chi connectivity index (χ4n) is 2.07. The summed E-state index contributed by atoms with van der Waals surface area (Å²) >= 11 is 6.26. The third kappa shape index (κ3) is 3.18. The summed E-state index contributed by atoms with van der Waals surface area (Å²) in [5.74, 6) is -0.710. The molecule has 2 amide bonds. The first kappa shape index (κ1) is 15.5. The monoisotopic (exact) mass is 341 g/mol. The van der Waals surface area contributed by atoms with Gasteiger partial charge in [-0.1, -0.05) is 54.3 Å². The van der Waals surface area contributed by atoms with Gasteiger partial charge in [-0.25, -0.2) is 4.90 Å². The molecule has 0 atom stereocenters. The number of thioether (sulfide) groups is 1. The van der Waals surface area contributed by atoms with Gasteiger partial charge in [-0.2, -0.15) is 0 Å². The number of thiocarbonyl (C=S) groups is 1. The number of aromatic hydroxyl groups is 1. The molecule has 0 unspecified atom stereocenters. The second-order valence-electron chi connectivity index (χ2n) is 4.78. The Morgan fingerprint density at radius 2 is 1.74 bits per heavy atom. The fourth-order valence-corrected chi connectivity index (χ4v) is 3.33. The van der Waals surface area contributed by atoms with Gasteiger partial charge in [-0.15, -0.1) is 0 Å². The van der Waals surface area contributed by atoms with E-state index in [4.69, 9.17) is 12.2 Å². The van der Waals surface area contributed by atoms with Crippen LogP contribution < -0.4 is 0 Å². The van der Waals surface area contributed by atoms with E-state index in [0.717, 1.165) is 22.2 Å². The van der Waals surface area contributed by atoms with Crippen molar-refractivity contribution in [1.82, 2.24) is 4.90 Å². The molecule has 0 bridgehead atoms. The van der Waals surface area contributed by atoms with E-state index in [0.29, 0.717) is 10.5 Å². The zero-order valence-electron chi connectivity index (χ0n) is 11.8. The highest BCUT2D eigenvalue weighted by Gasteiger charge is 2.37. The van der Waals surface area contributed by atoms with Gasteiger partial charge < -0.3 is 5.11 Å². The van der Waals surface area contributed by atoms with E-state index < -0.39 is 11.8 Å². The average Bonchev–Trinajstić information content (AvgIpc) is 2.84.